The summed E-state index contributed by atoms with van der Waals surface area (Å²) in [4.78, 5) is 13.0. The number of unbranched alkanes of at least 4 members (excludes halogenated alkanes) is 1. The number of halogens is 1. The summed E-state index contributed by atoms with van der Waals surface area (Å²) >= 11 is 0. The Kier molecular flexibility index (Phi) is 4.76. The normalized spacial score (nSPS) is 9.94. The average Bonchev–Trinajstić information content (AvgIpc) is 2.28. The molecule has 0 spiro atoms. The summed E-state index contributed by atoms with van der Waals surface area (Å²) in [6.07, 6.45) is 1.98. The fraction of sp³-hybridized carbons (Fsp3) is 0.417. The molecule has 2 amide bonds. The first-order valence-electron chi connectivity index (χ1n) is 5.42. The highest BCUT2D eigenvalue weighted by Gasteiger charge is 2.09. The highest BCUT2D eigenvalue weighted by atomic mass is 19.1. The van der Waals surface area contributed by atoms with Gasteiger partial charge in [0, 0.05) is 19.3 Å². The number of urea groups is 1. The number of benzene rings is 1. The Morgan fingerprint density at radius 1 is 1.50 bits per heavy atom. The van der Waals surface area contributed by atoms with Gasteiger partial charge >= 0.3 is 6.03 Å². The number of hydrogen-bond acceptors (Lipinski definition) is 1. The molecule has 88 valence electrons. The summed E-state index contributed by atoms with van der Waals surface area (Å²) in [6.45, 7) is 2.71. The monoisotopic (exact) mass is 224 g/mol. The van der Waals surface area contributed by atoms with E-state index in [1.54, 1.807) is 19.2 Å². The molecule has 0 atom stereocenters. The van der Waals surface area contributed by atoms with Crippen molar-refractivity contribution >= 4 is 11.7 Å². The van der Waals surface area contributed by atoms with E-state index in [1.807, 2.05) is 0 Å². The fourth-order valence-electron chi connectivity index (χ4n) is 1.29. The quantitative estimate of drug-likeness (QED) is 0.784. The van der Waals surface area contributed by atoms with Crippen molar-refractivity contribution < 1.29 is 9.18 Å². The van der Waals surface area contributed by atoms with E-state index in [4.69, 9.17) is 0 Å². The van der Waals surface area contributed by atoms with Gasteiger partial charge in [-0.2, -0.15) is 0 Å². The van der Waals surface area contributed by atoms with Crippen LogP contribution >= 0.6 is 0 Å². The third kappa shape index (κ3) is 3.53. The molecule has 0 saturated carbocycles. The molecule has 0 aliphatic heterocycles. The summed E-state index contributed by atoms with van der Waals surface area (Å²) in [5.41, 5.74) is 0.550. The van der Waals surface area contributed by atoms with Gasteiger partial charge < -0.3 is 5.32 Å². The Bertz CT molecular complexity index is 355. The molecule has 1 aromatic rings. The molecule has 16 heavy (non-hydrogen) atoms. The van der Waals surface area contributed by atoms with Crippen molar-refractivity contribution in [2.45, 2.75) is 19.8 Å². The van der Waals surface area contributed by atoms with Crippen molar-refractivity contribution in [3.05, 3.63) is 30.1 Å². The Hall–Kier alpha value is -1.58. The summed E-state index contributed by atoms with van der Waals surface area (Å²) < 4.78 is 12.9. The number of hydrogen-bond donors (Lipinski definition) is 1. The van der Waals surface area contributed by atoms with E-state index in [9.17, 15) is 9.18 Å². The number of anilines is 1. The lowest BCUT2D eigenvalue weighted by atomic mass is 10.3. The van der Waals surface area contributed by atoms with Gasteiger partial charge in [0.25, 0.3) is 0 Å². The molecule has 0 bridgehead atoms. The number of rotatable bonds is 4. The maximum Gasteiger partial charge on any atom is 0.321 e. The average molecular weight is 224 g/mol. The highest BCUT2D eigenvalue weighted by Crippen LogP contribution is 2.13. The first kappa shape index (κ1) is 12.5. The minimum absolute atomic E-state index is 0.209. The highest BCUT2D eigenvalue weighted by molar-refractivity contribution is 5.91. The van der Waals surface area contributed by atoms with Gasteiger partial charge in [-0.05, 0) is 24.6 Å². The first-order chi connectivity index (χ1) is 7.65. The fourth-order valence-corrected chi connectivity index (χ4v) is 1.29. The minimum Gasteiger partial charge on any atom is -0.338 e. The van der Waals surface area contributed by atoms with E-state index in [0.717, 1.165) is 12.8 Å². The maximum atomic E-state index is 12.9. The van der Waals surface area contributed by atoms with Crippen molar-refractivity contribution in [1.82, 2.24) is 5.32 Å². The zero-order valence-corrected chi connectivity index (χ0v) is 9.66. The Morgan fingerprint density at radius 3 is 2.88 bits per heavy atom. The molecule has 0 radical (unpaired) electrons. The number of amides is 2. The van der Waals surface area contributed by atoms with Crippen LogP contribution in [0.25, 0.3) is 0 Å². The Morgan fingerprint density at radius 2 is 2.25 bits per heavy atom. The molecular weight excluding hydrogens is 207 g/mol. The minimum atomic E-state index is -0.342. The van der Waals surface area contributed by atoms with Crippen molar-refractivity contribution in [2.75, 3.05) is 18.5 Å². The van der Waals surface area contributed by atoms with Gasteiger partial charge in [-0.1, -0.05) is 19.4 Å². The SMILES string of the molecule is CCCCNC(=O)N(C)c1cccc(F)c1. The molecule has 1 N–H and O–H groups in total. The van der Waals surface area contributed by atoms with Crippen LogP contribution in [0.2, 0.25) is 0 Å². The molecular formula is C12H17FN2O. The van der Waals surface area contributed by atoms with Gasteiger partial charge in [-0.3, -0.25) is 4.90 Å². The zero-order valence-electron chi connectivity index (χ0n) is 9.66. The largest absolute Gasteiger partial charge is 0.338 e. The van der Waals surface area contributed by atoms with Crippen LogP contribution < -0.4 is 10.2 Å². The molecule has 0 heterocycles. The van der Waals surface area contributed by atoms with E-state index >= 15 is 0 Å². The predicted molar refractivity (Wildman–Crippen MR) is 63.1 cm³/mol. The molecule has 0 fully saturated rings. The van der Waals surface area contributed by atoms with Crippen molar-refractivity contribution in [1.29, 1.82) is 0 Å². The second-order valence-electron chi connectivity index (χ2n) is 3.62. The summed E-state index contributed by atoms with van der Waals surface area (Å²) in [6, 6.07) is 5.76. The van der Waals surface area contributed by atoms with Crippen LogP contribution in [0.4, 0.5) is 14.9 Å². The van der Waals surface area contributed by atoms with Gasteiger partial charge in [-0.25, -0.2) is 9.18 Å². The first-order valence-corrected chi connectivity index (χ1v) is 5.42. The molecule has 0 unspecified atom stereocenters. The number of nitrogens with zero attached hydrogens (tertiary/aromatic N) is 1. The molecule has 0 saturated heterocycles. The van der Waals surface area contributed by atoms with E-state index in [2.05, 4.69) is 12.2 Å². The summed E-state index contributed by atoms with van der Waals surface area (Å²) in [7, 11) is 1.62. The maximum absolute atomic E-state index is 12.9. The smallest absolute Gasteiger partial charge is 0.321 e. The van der Waals surface area contributed by atoms with E-state index in [1.165, 1.54) is 17.0 Å². The van der Waals surface area contributed by atoms with Gasteiger partial charge in [-0.15, -0.1) is 0 Å². The van der Waals surface area contributed by atoms with Crippen LogP contribution in [0.5, 0.6) is 0 Å². The molecule has 0 aliphatic carbocycles. The lowest BCUT2D eigenvalue weighted by molar-refractivity contribution is 0.247. The summed E-state index contributed by atoms with van der Waals surface area (Å²) in [5, 5.41) is 2.77. The topological polar surface area (TPSA) is 32.3 Å². The second-order valence-corrected chi connectivity index (χ2v) is 3.62. The summed E-state index contributed by atoms with van der Waals surface area (Å²) in [5.74, 6) is -0.342. The van der Waals surface area contributed by atoms with E-state index in [-0.39, 0.29) is 11.8 Å². The molecule has 4 heteroatoms. The van der Waals surface area contributed by atoms with Gasteiger partial charge in [0.1, 0.15) is 5.82 Å². The lowest BCUT2D eigenvalue weighted by Crippen LogP contribution is -2.37. The van der Waals surface area contributed by atoms with Crippen molar-refractivity contribution in [3.63, 3.8) is 0 Å². The predicted octanol–water partition coefficient (Wildman–Crippen LogP) is 2.77. The Labute approximate surface area is 95.3 Å². The van der Waals surface area contributed by atoms with Crippen LogP contribution in [0.3, 0.4) is 0 Å². The van der Waals surface area contributed by atoms with Crippen LogP contribution in [-0.2, 0) is 0 Å². The molecule has 0 aliphatic rings. The lowest BCUT2D eigenvalue weighted by Gasteiger charge is -2.17. The second kappa shape index (κ2) is 6.10. The van der Waals surface area contributed by atoms with Gasteiger partial charge in [0.05, 0.1) is 0 Å². The van der Waals surface area contributed by atoms with Gasteiger partial charge in [0.2, 0.25) is 0 Å². The van der Waals surface area contributed by atoms with E-state index < -0.39 is 0 Å². The van der Waals surface area contributed by atoms with Crippen LogP contribution in [0.15, 0.2) is 24.3 Å². The van der Waals surface area contributed by atoms with Crippen LogP contribution in [0, 0.1) is 5.82 Å². The molecule has 1 aromatic carbocycles. The van der Waals surface area contributed by atoms with Crippen LogP contribution in [-0.4, -0.2) is 19.6 Å². The van der Waals surface area contributed by atoms with E-state index in [0.29, 0.717) is 12.2 Å². The Balaban J connectivity index is 2.56. The zero-order chi connectivity index (χ0) is 12.0. The molecule has 0 aromatic heterocycles. The van der Waals surface area contributed by atoms with Gasteiger partial charge in [0.15, 0.2) is 0 Å². The number of carbonyl (C=O) groups is 1. The van der Waals surface area contributed by atoms with Crippen molar-refractivity contribution in [2.24, 2.45) is 0 Å². The van der Waals surface area contributed by atoms with Crippen LogP contribution in [0.1, 0.15) is 19.8 Å². The molecule has 3 nitrogen and oxygen atoms in total. The number of carbonyl (C=O) groups excluding carboxylic acids is 1. The standard InChI is InChI=1S/C12H17FN2O/c1-3-4-8-14-12(16)15(2)11-7-5-6-10(13)9-11/h5-7,9H,3-4,8H2,1-2H3,(H,14,16). The number of nitrogens with one attached hydrogen (secondary N) is 1. The third-order valence-electron chi connectivity index (χ3n) is 2.31. The molecule has 1 rings (SSSR count). The third-order valence-corrected chi connectivity index (χ3v) is 2.31. The van der Waals surface area contributed by atoms with Crippen molar-refractivity contribution in [3.8, 4) is 0 Å².